The molecular weight excluding hydrogens is 420 g/mol. The third-order valence-corrected chi connectivity index (χ3v) is 7.13. The van der Waals surface area contributed by atoms with Crippen LogP contribution < -0.4 is 10.2 Å². The van der Waals surface area contributed by atoms with E-state index in [1.807, 2.05) is 37.3 Å². The van der Waals surface area contributed by atoms with Crippen LogP contribution in [-0.2, 0) is 29.1 Å². The van der Waals surface area contributed by atoms with Crippen LogP contribution in [0.3, 0.4) is 0 Å². The summed E-state index contributed by atoms with van der Waals surface area (Å²) in [5.41, 5.74) is 4.38. The van der Waals surface area contributed by atoms with Crippen LogP contribution in [0, 0.1) is 12.8 Å². The highest BCUT2D eigenvalue weighted by Crippen LogP contribution is 2.31. The molecule has 0 radical (unpaired) electrons. The molecule has 3 aromatic rings. The van der Waals surface area contributed by atoms with Gasteiger partial charge in [-0.05, 0) is 24.6 Å². The van der Waals surface area contributed by atoms with E-state index in [4.69, 9.17) is 0 Å². The van der Waals surface area contributed by atoms with Gasteiger partial charge >= 0.3 is 0 Å². The largest absolute Gasteiger partial charge is 0.312 e. The van der Waals surface area contributed by atoms with Crippen molar-refractivity contribution < 1.29 is 9.59 Å². The number of aromatic nitrogens is 1. The number of carbonyl (C=O) groups excluding carboxylic acids is 2. The van der Waals surface area contributed by atoms with Gasteiger partial charge in [-0.1, -0.05) is 48.0 Å². The summed E-state index contributed by atoms with van der Waals surface area (Å²) in [7, 11) is 0. The summed E-state index contributed by atoms with van der Waals surface area (Å²) in [6.45, 7) is 5.14. The topological polar surface area (TPSA) is 65.5 Å². The Hall–Kier alpha value is -3.03. The highest BCUT2D eigenvalue weighted by atomic mass is 32.1. The molecule has 0 unspecified atom stereocenters. The van der Waals surface area contributed by atoms with Crippen molar-refractivity contribution in [2.75, 3.05) is 23.3 Å². The fourth-order valence-electron chi connectivity index (χ4n) is 4.34. The monoisotopic (exact) mass is 446 g/mol. The van der Waals surface area contributed by atoms with E-state index in [9.17, 15) is 9.59 Å². The smallest absolute Gasteiger partial charge is 0.231 e. The third kappa shape index (κ3) is 4.45. The first-order valence-corrected chi connectivity index (χ1v) is 11.8. The summed E-state index contributed by atoms with van der Waals surface area (Å²) >= 11 is 1.55. The van der Waals surface area contributed by atoms with Gasteiger partial charge in [-0.15, -0.1) is 11.3 Å². The first-order valence-electron chi connectivity index (χ1n) is 11.0. The molecule has 5 rings (SSSR count). The van der Waals surface area contributed by atoms with Crippen molar-refractivity contribution in [1.82, 2.24) is 9.88 Å². The van der Waals surface area contributed by atoms with Gasteiger partial charge in [0.1, 0.15) is 0 Å². The van der Waals surface area contributed by atoms with Crippen LogP contribution in [0.4, 0.5) is 10.8 Å². The molecule has 3 heterocycles. The lowest BCUT2D eigenvalue weighted by Crippen LogP contribution is -2.29. The average molecular weight is 447 g/mol. The van der Waals surface area contributed by atoms with Gasteiger partial charge < -0.3 is 10.2 Å². The Morgan fingerprint density at radius 1 is 1.16 bits per heavy atom. The summed E-state index contributed by atoms with van der Waals surface area (Å²) in [5.74, 6) is -0.497. The lowest BCUT2D eigenvalue weighted by Gasteiger charge is -2.25. The Morgan fingerprint density at radius 3 is 2.72 bits per heavy atom. The highest BCUT2D eigenvalue weighted by Gasteiger charge is 2.35. The van der Waals surface area contributed by atoms with E-state index in [1.54, 1.807) is 16.2 Å². The minimum absolute atomic E-state index is 0.0102. The predicted octanol–water partition coefficient (Wildman–Crippen LogP) is 4.00. The summed E-state index contributed by atoms with van der Waals surface area (Å²) < 4.78 is 0. The molecule has 2 amide bonds. The van der Waals surface area contributed by atoms with E-state index in [0.717, 1.165) is 43.0 Å². The molecule has 7 heteroatoms. The molecule has 1 atom stereocenters. The average Bonchev–Trinajstić information content (AvgIpc) is 3.37. The van der Waals surface area contributed by atoms with Crippen LogP contribution in [0.15, 0.2) is 54.6 Å². The van der Waals surface area contributed by atoms with Crippen LogP contribution in [-0.4, -0.2) is 34.8 Å². The number of nitrogens with zero attached hydrogens (tertiary/aromatic N) is 3. The SMILES string of the molecule is Cc1ccc(N2C[C@H](C(=O)Nc3nc4c(s3)CN(Cc3ccccc3)CC4)CC2=O)cc1. The third-order valence-electron chi connectivity index (χ3n) is 6.13. The first kappa shape index (κ1) is 20.8. The predicted molar refractivity (Wildman–Crippen MR) is 127 cm³/mol. The summed E-state index contributed by atoms with van der Waals surface area (Å²) in [6, 6.07) is 18.3. The Labute approximate surface area is 191 Å². The van der Waals surface area contributed by atoms with Gasteiger partial charge in [-0.25, -0.2) is 4.98 Å². The van der Waals surface area contributed by atoms with Crippen LogP contribution in [0.25, 0.3) is 0 Å². The molecule has 32 heavy (non-hydrogen) atoms. The molecule has 0 saturated carbocycles. The van der Waals surface area contributed by atoms with Gasteiger partial charge in [0, 0.05) is 49.6 Å². The molecule has 0 bridgehead atoms. The van der Waals surface area contributed by atoms with Crippen molar-refractivity contribution >= 4 is 34.0 Å². The number of fused-ring (bicyclic) bond motifs is 1. The van der Waals surface area contributed by atoms with Crippen molar-refractivity contribution in [1.29, 1.82) is 0 Å². The van der Waals surface area contributed by atoms with Crippen molar-refractivity contribution in [3.8, 4) is 0 Å². The normalized spacial score (nSPS) is 18.6. The molecule has 164 valence electrons. The van der Waals surface area contributed by atoms with Gasteiger partial charge in [0.15, 0.2) is 5.13 Å². The van der Waals surface area contributed by atoms with Crippen LogP contribution >= 0.6 is 11.3 Å². The number of hydrogen-bond acceptors (Lipinski definition) is 5. The number of hydrogen-bond donors (Lipinski definition) is 1. The summed E-state index contributed by atoms with van der Waals surface area (Å²) in [5, 5.41) is 3.62. The molecular formula is C25H26N4O2S. The van der Waals surface area contributed by atoms with Gasteiger partial charge in [-0.2, -0.15) is 0 Å². The Balaban J connectivity index is 1.21. The van der Waals surface area contributed by atoms with E-state index in [1.165, 1.54) is 10.4 Å². The number of carbonyl (C=O) groups is 2. The fraction of sp³-hybridized carbons (Fsp3) is 0.320. The molecule has 0 aliphatic carbocycles. The number of aryl methyl sites for hydroxylation is 1. The maximum absolute atomic E-state index is 12.9. The maximum Gasteiger partial charge on any atom is 0.231 e. The zero-order valence-electron chi connectivity index (χ0n) is 18.1. The number of rotatable bonds is 5. The molecule has 0 spiro atoms. The number of nitrogens with one attached hydrogen (secondary N) is 1. The van der Waals surface area contributed by atoms with E-state index >= 15 is 0 Å². The zero-order valence-corrected chi connectivity index (χ0v) is 18.9. The molecule has 6 nitrogen and oxygen atoms in total. The second kappa shape index (κ2) is 8.84. The Morgan fingerprint density at radius 2 is 1.94 bits per heavy atom. The number of benzene rings is 2. The van der Waals surface area contributed by atoms with Crippen LogP contribution in [0.2, 0.25) is 0 Å². The van der Waals surface area contributed by atoms with E-state index in [2.05, 4.69) is 39.5 Å². The maximum atomic E-state index is 12.9. The minimum Gasteiger partial charge on any atom is -0.312 e. The molecule has 1 N–H and O–H groups in total. The fourth-order valence-corrected chi connectivity index (χ4v) is 5.40. The molecule has 1 fully saturated rings. The molecule has 2 aromatic carbocycles. The second-order valence-corrected chi connectivity index (χ2v) is 9.65. The van der Waals surface area contributed by atoms with Gasteiger partial charge in [0.2, 0.25) is 11.8 Å². The lowest BCUT2D eigenvalue weighted by atomic mass is 10.1. The van der Waals surface area contributed by atoms with Crippen LogP contribution in [0.5, 0.6) is 0 Å². The first-order chi connectivity index (χ1) is 15.5. The second-order valence-electron chi connectivity index (χ2n) is 8.57. The molecule has 1 aromatic heterocycles. The van der Waals surface area contributed by atoms with Crippen molar-refractivity contribution in [2.24, 2.45) is 5.92 Å². The standard InChI is InChI=1S/C25H26N4O2S/c1-17-7-9-20(10-8-17)29-15-19(13-23(29)30)24(31)27-25-26-21-11-12-28(16-22(21)32-25)14-18-5-3-2-4-6-18/h2-10,19H,11-16H2,1H3,(H,26,27,31)/t19-/m1/s1. The number of thiazole rings is 1. The quantitative estimate of drug-likeness (QED) is 0.643. The van der Waals surface area contributed by atoms with Gasteiger partial charge in [0.25, 0.3) is 0 Å². The van der Waals surface area contributed by atoms with Gasteiger partial charge in [0.05, 0.1) is 11.6 Å². The Bertz CT molecular complexity index is 1130. The lowest BCUT2D eigenvalue weighted by molar-refractivity contribution is -0.122. The summed E-state index contributed by atoms with van der Waals surface area (Å²) in [6.07, 6.45) is 1.12. The minimum atomic E-state index is -0.362. The zero-order chi connectivity index (χ0) is 22.1. The van der Waals surface area contributed by atoms with E-state index in [0.29, 0.717) is 11.7 Å². The Kier molecular flexibility index (Phi) is 5.76. The highest BCUT2D eigenvalue weighted by molar-refractivity contribution is 7.15. The van der Waals surface area contributed by atoms with Crippen molar-refractivity contribution in [3.05, 3.63) is 76.3 Å². The van der Waals surface area contributed by atoms with Gasteiger partial charge in [-0.3, -0.25) is 14.5 Å². The van der Waals surface area contributed by atoms with E-state index in [-0.39, 0.29) is 24.2 Å². The van der Waals surface area contributed by atoms with E-state index < -0.39 is 0 Å². The molecule has 2 aliphatic heterocycles. The van der Waals surface area contributed by atoms with Crippen molar-refractivity contribution in [3.63, 3.8) is 0 Å². The number of amides is 2. The molecule has 2 aliphatic rings. The number of anilines is 2. The summed E-state index contributed by atoms with van der Waals surface area (Å²) in [4.78, 5) is 35.4. The van der Waals surface area contributed by atoms with Crippen LogP contribution in [0.1, 0.15) is 28.1 Å². The van der Waals surface area contributed by atoms with Crippen molar-refractivity contribution in [2.45, 2.75) is 32.9 Å². The molecule has 1 saturated heterocycles.